The van der Waals surface area contributed by atoms with E-state index in [1.165, 1.54) is 54.5 Å². The third-order valence-electron chi connectivity index (χ3n) is 6.63. The highest BCUT2D eigenvalue weighted by atomic mass is 32.1. The molecule has 2 aromatic carbocycles. The van der Waals surface area contributed by atoms with Crippen LogP contribution in [-0.4, -0.2) is 11.9 Å². The highest BCUT2D eigenvalue weighted by Crippen LogP contribution is 2.60. The molecule has 0 spiro atoms. The first kappa shape index (κ1) is 22.4. The van der Waals surface area contributed by atoms with Gasteiger partial charge in [-0.25, -0.2) is 0 Å². The summed E-state index contributed by atoms with van der Waals surface area (Å²) in [5.41, 5.74) is 2.23. The molecule has 2 atom stereocenters. The summed E-state index contributed by atoms with van der Waals surface area (Å²) in [5.74, 6) is -0.782. The summed E-state index contributed by atoms with van der Waals surface area (Å²) in [4.78, 5) is 29.0. The Bertz CT molecular complexity index is 1760. The van der Waals surface area contributed by atoms with Gasteiger partial charge >= 0.3 is 11.9 Å². The zero-order valence-corrected chi connectivity index (χ0v) is 23.2. The number of benzene rings is 2. The van der Waals surface area contributed by atoms with Gasteiger partial charge in [0.2, 0.25) is 0 Å². The minimum Gasteiger partial charge on any atom is -0.452 e. The van der Waals surface area contributed by atoms with Gasteiger partial charge in [-0.2, -0.15) is 0 Å². The molecule has 0 saturated carbocycles. The van der Waals surface area contributed by atoms with Crippen LogP contribution in [0.1, 0.15) is 45.6 Å². The van der Waals surface area contributed by atoms with Crippen LogP contribution in [0.2, 0.25) is 0 Å². The van der Waals surface area contributed by atoms with Crippen LogP contribution in [0.25, 0.3) is 51.5 Å². The number of fused-ring (bicyclic) bond motifs is 11. The second kappa shape index (κ2) is 7.86. The van der Waals surface area contributed by atoms with E-state index in [9.17, 15) is 9.59 Å². The molecule has 36 heavy (non-hydrogen) atoms. The van der Waals surface area contributed by atoms with Crippen molar-refractivity contribution in [1.82, 2.24) is 0 Å². The lowest BCUT2D eigenvalue weighted by molar-refractivity contribution is -0.166. The Labute approximate surface area is 222 Å². The van der Waals surface area contributed by atoms with Gasteiger partial charge in [-0.1, -0.05) is 0 Å². The molecule has 0 amide bonds. The summed E-state index contributed by atoms with van der Waals surface area (Å²) in [5, 5.41) is 4.83. The van der Waals surface area contributed by atoms with Crippen LogP contribution in [0.3, 0.4) is 0 Å². The van der Waals surface area contributed by atoms with E-state index in [2.05, 4.69) is 50.2 Å². The van der Waals surface area contributed by atoms with Crippen molar-refractivity contribution in [3.63, 3.8) is 0 Å². The number of esters is 2. The summed E-state index contributed by atoms with van der Waals surface area (Å²) in [6, 6.07) is 13.2. The van der Waals surface area contributed by atoms with Gasteiger partial charge in [0.05, 0.1) is 9.75 Å². The normalized spacial score (nSPS) is 17.1. The van der Waals surface area contributed by atoms with E-state index in [1.807, 2.05) is 0 Å². The predicted molar refractivity (Wildman–Crippen MR) is 152 cm³/mol. The second-order valence-corrected chi connectivity index (χ2v) is 13.9. The van der Waals surface area contributed by atoms with Gasteiger partial charge < -0.3 is 9.47 Å². The van der Waals surface area contributed by atoms with Crippen molar-refractivity contribution < 1.29 is 19.1 Å². The van der Waals surface area contributed by atoms with Gasteiger partial charge in [0.1, 0.15) is 0 Å². The number of hydrogen-bond donors (Lipinski definition) is 0. The number of ether oxygens (including phenoxy) is 2. The Morgan fingerprint density at radius 1 is 0.639 bits per heavy atom. The van der Waals surface area contributed by atoms with Crippen molar-refractivity contribution in [1.29, 1.82) is 0 Å². The first-order valence-corrected chi connectivity index (χ1v) is 14.8. The number of thiophene rings is 4. The Morgan fingerprint density at radius 2 is 1.03 bits per heavy atom. The topological polar surface area (TPSA) is 52.6 Å². The Hall–Kier alpha value is -2.78. The third kappa shape index (κ3) is 3.14. The number of rotatable bonds is 2. The molecular weight excluding hydrogens is 529 g/mol. The molecule has 4 heterocycles. The van der Waals surface area contributed by atoms with Gasteiger partial charge in [0, 0.05) is 75.1 Å². The lowest BCUT2D eigenvalue weighted by Gasteiger charge is -2.30. The fourth-order valence-corrected chi connectivity index (χ4v) is 9.89. The highest BCUT2D eigenvalue weighted by Gasteiger charge is 2.43. The molecule has 1 aliphatic carbocycles. The minimum absolute atomic E-state index is 0.391. The van der Waals surface area contributed by atoms with E-state index in [0.29, 0.717) is 0 Å². The zero-order chi connectivity index (χ0) is 24.9. The Kier molecular flexibility index (Phi) is 4.89. The molecule has 0 N–H and O–H groups in total. The summed E-state index contributed by atoms with van der Waals surface area (Å²) in [6.07, 6.45) is -1.37. The van der Waals surface area contributed by atoms with Crippen LogP contribution in [0.15, 0.2) is 36.4 Å². The van der Waals surface area contributed by atoms with Crippen LogP contribution < -0.4 is 0 Å². The molecule has 1 aliphatic rings. The summed E-state index contributed by atoms with van der Waals surface area (Å²) < 4.78 is 16.6. The van der Waals surface area contributed by atoms with E-state index in [-0.39, 0.29) is 0 Å². The lowest BCUT2D eigenvalue weighted by Crippen LogP contribution is -2.23. The molecule has 0 aliphatic heterocycles. The highest BCUT2D eigenvalue weighted by molar-refractivity contribution is 7.23. The van der Waals surface area contributed by atoms with E-state index in [0.717, 1.165) is 30.3 Å². The Morgan fingerprint density at radius 3 is 1.42 bits per heavy atom. The van der Waals surface area contributed by atoms with Crippen molar-refractivity contribution in [2.75, 3.05) is 0 Å². The van der Waals surface area contributed by atoms with Gasteiger partial charge in [-0.05, 0) is 50.2 Å². The van der Waals surface area contributed by atoms with Crippen molar-refractivity contribution in [3.8, 4) is 11.1 Å². The van der Waals surface area contributed by atoms with Gasteiger partial charge in [-0.3, -0.25) is 9.59 Å². The molecule has 4 nitrogen and oxygen atoms in total. The van der Waals surface area contributed by atoms with E-state index < -0.39 is 24.1 Å². The third-order valence-corrected chi connectivity index (χ3v) is 11.1. The molecule has 4 aromatic heterocycles. The van der Waals surface area contributed by atoms with E-state index >= 15 is 0 Å². The number of hydrogen-bond acceptors (Lipinski definition) is 8. The smallest absolute Gasteiger partial charge is 0.303 e. The van der Waals surface area contributed by atoms with Crippen LogP contribution in [0.5, 0.6) is 0 Å². The van der Waals surface area contributed by atoms with E-state index in [4.69, 9.17) is 9.47 Å². The number of carbonyl (C=O) groups excluding carboxylic acids is 2. The zero-order valence-electron chi connectivity index (χ0n) is 19.9. The van der Waals surface area contributed by atoms with Gasteiger partial charge in [0.15, 0.2) is 12.2 Å². The predicted octanol–water partition coefficient (Wildman–Crippen LogP) is 9.05. The maximum Gasteiger partial charge on any atom is 0.303 e. The SMILES string of the molecule is CC(=O)OC1c2sc3ccc4sc(C)cc4c3c2-c2c(sc3ccc4sc(C)cc4c23)C1OC(C)=O. The second-order valence-electron chi connectivity index (χ2n) is 9.16. The summed E-state index contributed by atoms with van der Waals surface area (Å²) in [6.45, 7) is 7.10. The molecule has 0 fully saturated rings. The van der Waals surface area contributed by atoms with Gasteiger partial charge in [0.25, 0.3) is 0 Å². The van der Waals surface area contributed by atoms with Crippen LogP contribution >= 0.6 is 45.3 Å². The minimum atomic E-state index is -0.686. The Balaban J connectivity index is 1.69. The average molecular weight is 549 g/mol. The standard InChI is InChI=1S/C28H20O4S4/c1-11-9-15-17(33-11)5-7-19-21(15)23-24-22-16-10-12(2)34-18(16)6-8-20(22)36-28(24)26(32-14(4)30)25(27(23)35-19)31-13(3)29/h5-10,25-26H,1-4H3. The van der Waals surface area contributed by atoms with Gasteiger partial charge in [-0.15, -0.1) is 45.3 Å². The van der Waals surface area contributed by atoms with Crippen LogP contribution in [-0.2, 0) is 19.1 Å². The first-order valence-electron chi connectivity index (χ1n) is 11.6. The molecule has 180 valence electrons. The number of aryl methyl sites for hydroxylation is 2. The summed E-state index contributed by atoms with van der Waals surface area (Å²) >= 11 is 6.85. The van der Waals surface area contributed by atoms with Crippen LogP contribution in [0.4, 0.5) is 0 Å². The van der Waals surface area contributed by atoms with E-state index in [1.54, 1.807) is 45.3 Å². The number of carbonyl (C=O) groups is 2. The molecule has 6 aromatic rings. The van der Waals surface area contributed by atoms with Crippen molar-refractivity contribution >= 4 is 97.6 Å². The summed E-state index contributed by atoms with van der Waals surface area (Å²) in [7, 11) is 0. The quantitative estimate of drug-likeness (QED) is 0.203. The van der Waals surface area contributed by atoms with Crippen LogP contribution in [0, 0.1) is 13.8 Å². The molecule has 0 radical (unpaired) electrons. The first-order chi connectivity index (χ1) is 17.3. The van der Waals surface area contributed by atoms with Crippen molar-refractivity contribution in [2.24, 2.45) is 0 Å². The molecular formula is C28H20O4S4. The average Bonchev–Trinajstić information content (AvgIpc) is 3.54. The van der Waals surface area contributed by atoms with Crippen molar-refractivity contribution in [3.05, 3.63) is 55.9 Å². The molecule has 0 saturated heterocycles. The maximum atomic E-state index is 12.3. The molecule has 0 bridgehead atoms. The maximum absolute atomic E-state index is 12.3. The molecule has 7 rings (SSSR count). The molecule has 8 heteroatoms. The fourth-order valence-electron chi connectivity index (χ4n) is 5.47. The fraction of sp³-hybridized carbons (Fsp3) is 0.214. The largest absolute Gasteiger partial charge is 0.452 e. The van der Waals surface area contributed by atoms with Crippen molar-refractivity contribution in [2.45, 2.75) is 39.9 Å². The monoisotopic (exact) mass is 548 g/mol. The lowest BCUT2D eigenvalue weighted by atomic mass is 9.87. The molecule has 2 unspecified atom stereocenters.